The number of carbonyl (C=O) groups excluding carboxylic acids is 1. The summed E-state index contributed by atoms with van der Waals surface area (Å²) in [5.74, 6) is 0.0873. The average molecular weight is 462 g/mol. The first-order valence-corrected chi connectivity index (χ1v) is 10.3. The van der Waals surface area contributed by atoms with E-state index in [1.807, 2.05) is 24.3 Å². The molecule has 0 bridgehead atoms. The molecule has 1 aliphatic rings. The number of hydrogen-bond acceptors (Lipinski definition) is 6. The molecule has 0 N–H and O–H groups in total. The average Bonchev–Trinajstić information content (AvgIpc) is 2.79. The fraction of sp³-hybridized carbons (Fsp3) is 0.238. The van der Waals surface area contributed by atoms with Crippen LogP contribution in [-0.4, -0.2) is 58.8 Å². The van der Waals surface area contributed by atoms with Gasteiger partial charge in [-0.1, -0.05) is 23.2 Å². The summed E-state index contributed by atoms with van der Waals surface area (Å²) in [6, 6.07) is 9.77. The molecule has 1 aromatic carbocycles. The van der Waals surface area contributed by atoms with Crippen molar-refractivity contribution in [2.24, 2.45) is 0 Å². The molecule has 31 heavy (non-hydrogen) atoms. The molecule has 0 radical (unpaired) electrons. The summed E-state index contributed by atoms with van der Waals surface area (Å²) in [5, 5.41) is 8.66. The Morgan fingerprint density at radius 1 is 1.00 bits per heavy atom. The van der Waals surface area contributed by atoms with Gasteiger partial charge in [-0.2, -0.15) is 0 Å². The number of nitrogens with zero attached hydrogens (tertiary/aromatic N) is 5. The maximum absolute atomic E-state index is 13.3. The second-order valence-corrected chi connectivity index (χ2v) is 7.68. The van der Waals surface area contributed by atoms with Crippen LogP contribution in [0, 0.1) is 5.82 Å². The van der Waals surface area contributed by atoms with E-state index in [1.54, 1.807) is 17.3 Å². The number of aromatic nitrogens is 3. The van der Waals surface area contributed by atoms with Crippen molar-refractivity contribution >= 4 is 34.9 Å². The maximum atomic E-state index is 13.3. The van der Waals surface area contributed by atoms with E-state index in [-0.39, 0.29) is 28.3 Å². The molecule has 1 fully saturated rings. The zero-order chi connectivity index (χ0) is 21.8. The summed E-state index contributed by atoms with van der Waals surface area (Å²) in [5.41, 5.74) is 1.72. The number of ether oxygens (including phenoxy) is 1. The predicted octanol–water partition coefficient (Wildman–Crippen LogP) is 3.71. The van der Waals surface area contributed by atoms with Crippen molar-refractivity contribution in [3.8, 4) is 17.0 Å². The second kappa shape index (κ2) is 9.45. The molecule has 10 heteroatoms. The zero-order valence-electron chi connectivity index (χ0n) is 16.3. The van der Waals surface area contributed by atoms with Gasteiger partial charge in [0.15, 0.2) is 18.2 Å². The van der Waals surface area contributed by atoms with Crippen LogP contribution in [0.25, 0.3) is 11.3 Å². The molecule has 1 saturated heterocycles. The van der Waals surface area contributed by atoms with Crippen LogP contribution in [0.5, 0.6) is 5.75 Å². The lowest BCUT2D eigenvalue weighted by atomic mass is 10.2. The summed E-state index contributed by atoms with van der Waals surface area (Å²) in [6.45, 7) is 2.04. The smallest absolute Gasteiger partial charge is 0.260 e. The minimum Gasteiger partial charge on any atom is -0.481 e. The lowest BCUT2D eigenvalue weighted by Crippen LogP contribution is -2.50. The van der Waals surface area contributed by atoms with Gasteiger partial charge in [0, 0.05) is 44.1 Å². The van der Waals surface area contributed by atoms with Gasteiger partial charge in [0.05, 0.1) is 15.7 Å². The van der Waals surface area contributed by atoms with Crippen LogP contribution >= 0.6 is 23.2 Å². The van der Waals surface area contributed by atoms with Crippen molar-refractivity contribution in [1.82, 2.24) is 20.1 Å². The van der Waals surface area contributed by atoms with E-state index in [0.717, 1.165) is 29.2 Å². The molecule has 160 valence electrons. The normalized spacial score (nSPS) is 13.9. The van der Waals surface area contributed by atoms with E-state index in [9.17, 15) is 9.18 Å². The highest BCUT2D eigenvalue weighted by Crippen LogP contribution is 2.33. The molecular weight excluding hydrogens is 444 g/mol. The number of amides is 1. The highest BCUT2D eigenvalue weighted by atomic mass is 35.5. The highest BCUT2D eigenvalue weighted by molar-refractivity contribution is 6.37. The van der Waals surface area contributed by atoms with Gasteiger partial charge < -0.3 is 14.5 Å². The lowest BCUT2D eigenvalue weighted by Gasteiger charge is -2.35. The monoisotopic (exact) mass is 461 g/mol. The van der Waals surface area contributed by atoms with Crippen molar-refractivity contribution in [3.63, 3.8) is 0 Å². The van der Waals surface area contributed by atoms with Crippen LogP contribution < -0.4 is 9.64 Å². The minimum absolute atomic E-state index is 0.0245. The summed E-state index contributed by atoms with van der Waals surface area (Å²) < 4.78 is 18.7. The predicted molar refractivity (Wildman–Crippen MR) is 116 cm³/mol. The molecule has 4 rings (SSSR count). The van der Waals surface area contributed by atoms with Crippen LogP contribution in [-0.2, 0) is 4.79 Å². The summed E-state index contributed by atoms with van der Waals surface area (Å²) in [7, 11) is 0. The first-order chi connectivity index (χ1) is 15.0. The van der Waals surface area contributed by atoms with Crippen LogP contribution in [0.4, 0.5) is 10.2 Å². The zero-order valence-corrected chi connectivity index (χ0v) is 17.9. The minimum atomic E-state index is -0.568. The molecule has 3 aromatic rings. The third-order valence-corrected chi connectivity index (χ3v) is 5.45. The molecule has 0 spiro atoms. The number of piperazine rings is 1. The number of pyridine rings is 1. The Morgan fingerprint density at radius 2 is 1.68 bits per heavy atom. The van der Waals surface area contributed by atoms with E-state index >= 15 is 0 Å². The third kappa shape index (κ3) is 5.03. The van der Waals surface area contributed by atoms with Crippen LogP contribution in [0.15, 0.2) is 48.8 Å². The van der Waals surface area contributed by atoms with Crippen molar-refractivity contribution in [2.45, 2.75) is 0 Å². The molecular formula is C21H18Cl2FN5O2. The van der Waals surface area contributed by atoms with Gasteiger partial charge in [0.2, 0.25) is 0 Å². The van der Waals surface area contributed by atoms with Gasteiger partial charge in [0.25, 0.3) is 5.91 Å². The number of rotatable bonds is 5. The van der Waals surface area contributed by atoms with Crippen molar-refractivity contribution in [2.75, 3.05) is 37.7 Å². The fourth-order valence-electron chi connectivity index (χ4n) is 3.25. The summed E-state index contributed by atoms with van der Waals surface area (Å²) >= 11 is 11.9. The topological polar surface area (TPSA) is 71.5 Å². The Balaban J connectivity index is 1.31. The number of hydrogen-bond donors (Lipinski definition) is 0. The van der Waals surface area contributed by atoms with Crippen LogP contribution in [0.2, 0.25) is 10.0 Å². The lowest BCUT2D eigenvalue weighted by molar-refractivity contribution is -0.133. The SMILES string of the molecule is O=C(COc1c(Cl)cc(F)cc1Cl)N1CCN(c2ccc(-c3ccncc3)nn2)CC1. The van der Waals surface area contributed by atoms with E-state index < -0.39 is 5.82 Å². The van der Waals surface area contributed by atoms with E-state index in [2.05, 4.69) is 20.1 Å². The summed E-state index contributed by atoms with van der Waals surface area (Å²) in [6.07, 6.45) is 3.42. The van der Waals surface area contributed by atoms with Gasteiger partial charge >= 0.3 is 0 Å². The Morgan fingerprint density at radius 3 is 2.29 bits per heavy atom. The van der Waals surface area contributed by atoms with Gasteiger partial charge in [-0.15, -0.1) is 10.2 Å². The molecule has 2 aromatic heterocycles. The Kier molecular flexibility index (Phi) is 6.48. The molecule has 3 heterocycles. The van der Waals surface area contributed by atoms with E-state index in [1.165, 1.54) is 0 Å². The molecule has 1 amide bonds. The van der Waals surface area contributed by atoms with Gasteiger partial charge in [-0.25, -0.2) is 4.39 Å². The van der Waals surface area contributed by atoms with Gasteiger partial charge in [-0.05, 0) is 36.4 Å². The van der Waals surface area contributed by atoms with Crippen molar-refractivity contribution in [1.29, 1.82) is 0 Å². The number of benzene rings is 1. The molecule has 0 saturated carbocycles. The van der Waals surface area contributed by atoms with Crippen LogP contribution in [0.3, 0.4) is 0 Å². The fourth-order valence-corrected chi connectivity index (χ4v) is 3.82. The Bertz CT molecular complexity index is 1040. The molecule has 0 aliphatic carbocycles. The largest absolute Gasteiger partial charge is 0.481 e. The third-order valence-electron chi connectivity index (χ3n) is 4.89. The van der Waals surface area contributed by atoms with Crippen molar-refractivity contribution in [3.05, 3.63) is 64.7 Å². The summed E-state index contributed by atoms with van der Waals surface area (Å²) in [4.78, 5) is 20.3. The van der Waals surface area contributed by atoms with E-state index in [4.69, 9.17) is 27.9 Å². The first-order valence-electron chi connectivity index (χ1n) is 9.55. The molecule has 1 aliphatic heterocycles. The Hall–Kier alpha value is -2.97. The Labute approximate surface area is 188 Å². The molecule has 7 nitrogen and oxygen atoms in total. The number of halogens is 3. The molecule has 0 atom stereocenters. The first kappa shape index (κ1) is 21.3. The second-order valence-electron chi connectivity index (χ2n) is 6.87. The number of anilines is 1. The van der Waals surface area contributed by atoms with E-state index in [0.29, 0.717) is 26.2 Å². The van der Waals surface area contributed by atoms with Crippen LogP contribution in [0.1, 0.15) is 0 Å². The number of carbonyl (C=O) groups is 1. The quantitative estimate of drug-likeness (QED) is 0.576. The maximum Gasteiger partial charge on any atom is 0.260 e. The highest BCUT2D eigenvalue weighted by Gasteiger charge is 2.23. The molecule has 0 unspecified atom stereocenters. The van der Waals surface area contributed by atoms with Crippen molar-refractivity contribution < 1.29 is 13.9 Å². The van der Waals surface area contributed by atoms with Gasteiger partial charge in [-0.3, -0.25) is 9.78 Å². The van der Waals surface area contributed by atoms with Gasteiger partial charge in [0.1, 0.15) is 5.82 Å². The standard InChI is InChI=1S/C21H18Cl2FN5O2/c22-16-11-15(24)12-17(23)21(16)31-13-20(30)29-9-7-28(8-10-29)19-2-1-18(26-27-19)14-3-5-25-6-4-14/h1-6,11-12H,7-10,13H2.